The van der Waals surface area contributed by atoms with Crippen molar-refractivity contribution < 1.29 is 0 Å². The van der Waals surface area contributed by atoms with Crippen LogP contribution in [0, 0.1) is 20.8 Å². The zero-order valence-electron chi connectivity index (χ0n) is 12.6. The van der Waals surface area contributed by atoms with E-state index >= 15 is 0 Å². The number of aryl methyl sites for hydroxylation is 3. The molecule has 0 saturated heterocycles. The number of nitrogens with two attached hydrogens (primary N) is 1. The highest BCUT2D eigenvalue weighted by Crippen LogP contribution is 2.24. The predicted molar refractivity (Wildman–Crippen MR) is 86.2 cm³/mol. The third-order valence-electron chi connectivity index (χ3n) is 3.76. The van der Waals surface area contributed by atoms with Crippen molar-refractivity contribution in [1.82, 2.24) is 9.97 Å². The van der Waals surface area contributed by atoms with Gasteiger partial charge >= 0.3 is 0 Å². The fourth-order valence-electron chi connectivity index (χ4n) is 2.65. The van der Waals surface area contributed by atoms with Crippen molar-refractivity contribution >= 4 is 10.9 Å². The third-order valence-corrected chi connectivity index (χ3v) is 3.76. The maximum atomic E-state index is 6.41. The number of nitrogens with zero attached hydrogens (tertiary/aromatic N) is 2. The Balaban J connectivity index is 2.04. The molecule has 106 valence electrons. The summed E-state index contributed by atoms with van der Waals surface area (Å²) in [4.78, 5) is 9.03. The minimum atomic E-state index is -0.212. The van der Waals surface area contributed by atoms with Gasteiger partial charge in [0.05, 0.1) is 17.3 Å². The molecule has 0 amide bonds. The average molecular weight is 277 g/mol. The lowest BCUT2D eigenvalue weighted by Crippen LogP contribution is -2.15. The normalized spacial score (nSPS) is 12.6. The van der Waals surface area contributed by atoms with E-state index in [9.17, 15) is 0 Å². The molecular weight excluding hydrogens is 258 g/mol. The van der Waals surface area contributed by atoms with Gasteiger partial charge in [0.25, 0.3) is 0 Å². The van der Waals surface area contributed by atoms with Crippen molar-refractivity contribution in [1.29, 1.82) is 0 Å². The van der Waals surface area contributed by atoms with Gasteiger partial charge in [0.1, 0.15) is 0 Å². The molecule has 0 aliphatic rings. The van der Waals surface area contributed by atoms with Crippen LogP contribution in [0.4, 0.5) is 0 Å². The van der Waals surface area contributed by atoms with Crippen molar-refractivity contribution in [2.24, 2.45) is 5.73 Å². The summed E-state index contributed by atoms with van der Waals surface area (Å²) in [6.45, 7) is 6.10. The van der Waals surface area contributed by atoms with Gasteiger partial charge < -0.3 is 5.73 Å². The van der Waals surface area contributed by atoms with E-state index in [1.807, 2.05) is 38.2 Å². The minimum absolute atomic E-state index is 0.212. The van der Waals surface area contributed by atoms with Gasteiger partial charge in [-0.05, 0) is 55.7 Å². The first-order valence-corrected chi connectivity index (χ1v) is 7.10. The summed E-state index contributed by atoms with van der Waals surface area (Å²) < 4.78 is 0. The number of fused-ring (bicyclic) bond motifs is 1. The van der Waals surface area contributed by atoms with E-state index in [0.29, 0.717) is 0 Å². The molecule has 3 aromatic rings. The highest BCUT2D eigenvalue weighted by Gasteiger charge is 2.13. The molecule has 3 rings (SSSR count). The second-order valence-electron chi connectivity index (χ2n) is 5.60. The summed E-state index contributed by atoms with van der Waals surface area (Å²) in [5.41, 5.74) is 12.7. The summed E-state index contributed by atoms with van der Waals surface area (Å²) in [7, 11) is 0. The van der Waals surface area contributed by atoms with Gasteiger partial charge in [-0.15, -0.1) is 0 Å². The summed E-state index contributed by atoms with van der Waals surface area (Å²) in [6.07, 6.45) is 1.87. The molecule has 3 nitrogen and oxygen atoms in total. The Morgan fingerprint density at radius 1 is 1.00 bits per heavy atom. The summed E-state index contributed by atoms with van der Waals surface area (Å²) in [6, 6.07) is 12.2. The lowest BCUT2D eigenvalue weighted by Gasteiger charge is -2.15. The molecule has 0 aliphatic carbocycles. The molecule has 2 N–H and O–H groups in total. The van der Waals surface area contributed by atoms with Gasteiger partial charge in [0.2, 0.25) is 0 Å². The zero-order chi connectivity index (χ0) is 15.0. The quantitative estimate of drug-likeness (QED) is 0.778. The first kappa shape index (κ1) is 13.7. The molecule has 1 atom stereocenters. The van der Waals surface area contributed by atoms with E-state index in [2.05, 4.69) is 35.1 Å². The van der Waals surface area contributed by atoms with Crippen LogP contribution in [0.5, 0.6) is 0 Å². The lowest BCUT2D eigenvalue weighted by atomic mass is 9.98. The predicted octanol–water partition coefficient (Wildman–Crippen LogP) is 3.60. The van der Waals surface area contributed by atoms with E-state index in [0.717, 1.165) is 39.0 Å². The molecular formula is C18H19N3. The van der Waals surface area contributed by atoms with Crippen LogP contribution in [0.1, 0.15) is 34.1 Å². The highest BCUT2D eigenvalue weighted by molar-refractivity contribution is 5.79. The summed E-state index contributed by atoms with van der Waals surface area (Å²) in [5, 5.41) is 1.11. The van der Waals surface area contributed by atoms with Crippen LogP contribution in [0.25, 0.3) is 10.9 Å². The van der Waals surface area contributed by atoms with E-state index in [-0.39, 0.29) is 6.04 Å². The molecule has 0 saturated carbocycles. The monoisotopic (exact) mass is 277 g/mol. The molecule has 0 radical (unpaired) electrons. The fourth-order valence-corrected chi connectivity index (χ4v) is 2.65. The first-order chi connectivity index (χ1) is 10.0. The number of aromatic nitrogens is 2. The fraction of sp³-hybridized carbons (Fsp3) is 0.222. The van der Waals surface area contributed by atoms with Crippen molar-refractivity contribution in [3.8, 4) is 0 Å². The second-order valence-corrected chi connectivity index (χ2v) is 5.60. The molecule has 3 heteroatoms. The lowest BCUT2D eigenvalue weighted by molar-refractivity contribution is 0.817. The van der Waals surface area contributed by atoms with Crippen LogP contribution >= 0.6 is 0 Å². The van der Waals surface area contributed by atoms with Crippen molar-refractivity contribution in [3.05, 3.63) is 70.7 Å². The molecule has 2 aromatic heterocycles. The van der Waals surface area contributed by atoms with Gasteiger partial charge in [-0.25, -0.2) is 0 Å². The Hall–Kier alpha value is -2.26. The molecule has 1 aromatic carbocycles. The summed E-state index contributed by atoms with van der Waals surface area (Å²) in [5.74, 6) is 0. The number of rotatable bonds is 2. The largest absolute Gasteiger partial charge is 0.319 e. The number of pyridine rings is 2. The van der Waals surface area contributed by atoms with Gasteiger partial charge in [0, 0.05) is 17.3 Å². The number of hydrogen-bond acceptors (Lipinski definition) is 3. The Morgan fingerprint density at radius 2 is 1.81 bits per heavy atom. The Bertz CT molecular complexity index is 809. The molecule has 2 heterocycles. The number of hydrogen-bond donors (Lipinski definition) is 1. The van der Waals surface area contributed by atoms with E-state index in [1.54, 1.807) is 0 Å². The zero-order valence-corrected chi connectivity index (χ0v) is 12.6. The smallest absolute Gasteiger partial charge is 0.0729 e. The Kier molecular flexibility index (Phi) is 3.43. The average Bonchev–Trinajstić information content (AvgIpc) is 2.46. The van der Waals surface area contributed by atoms with E-state index in [4.69, 9.17) is 5.73 Å². The van der Waals surface area contributed by atoms with Gasteiger partial charge in [-0.2, -0.15) is 0 Å². The molecule has 0 aliphatic heterocycles. The van der Waals surface area contributed by atoms with Gasteiger partial charge in [-0.1, -0.05) is 18.2 Å². The van der Waals surface area contributed by atoms with Crippen LogP contribution in [0.15, 0.2) is 42.6 Å². The Morgan fingerprint density at radius 3 is 2.57 bits per heavy atom. The standard InChI is InChI=1S/C18H19N3/c1-11-8-12(2)18(20-10-11)17(19)15-6-7-16-14(9-15)5-4-13(3)21-16/h4-10,17H,19H2,1-3H3. The maximum Gasteiger partial charge on any atom is 0.0729 e. The highest BCUT2D eigenvalue weighted by atomic mass is 14.8. The van der Waals surface area contributed by atoms with E-state index < -0.39 is 0 Å². The molecule has 0 bridgehead atoms. The van der Waals surface area contributed by atoms with Crippen LogP contribution in [-0.4, -0.2) is 9.97 Å². The van der Waals surface area contributed by atoms with Gasteiger partial charge in [-0.3, -0.25) is 9.97 Å². The molecule has 0 fully saturated rings. The second kappa shape index (κ2) is 5.26. The number of benzene rings is 1. The van der Waals surface area contributed by atoms with Crippen molar-refractivity contribution in [2.75, 3.05) is 0 Å². The van der Waals surface area contributed by atoms with Crippen molar-refractivity contribution in [3.63, 3.8) is 0 Å². The molecule has 21 heavy (non-hydrogen) atoms. The molecule has 1 unspecified atom stereocenters. The van der Waals surface area contributed by atoms with Crippen LogP contribution in [0.3, 0.4) is 0 Å². The van der Waals surface area contributed by atoms with E-state index in [1.165, 1.54) is 0 Å². The first-order valence-electron chi connectivity index (χ1n) is 7.10. The van der Waals surface area contributed by atoms with Gasteiger partial charge in [0.15, 0.2) is 0 Å². The topological polar surface area (TPSA) is 51.8 Å². The van der Waals surface area contributed by atoms with Crippen LogP contribution < -0.4 is 5.73 Å². The molecule has 0 spiro atoms. The summed E-state index contributed by atoms with van der Waals surface area (Å²) >= 11 is 0. The van der Waals surface area contributed by atoms with Crippen LogP contribution in [0.2, 0.25) is 0 Å². The SMILES string of the molecule is Cc1cnc(C(N)c2ccc3nc(C)ccc3c2)c(C)c1. The third kappa shape index (κ3) is 2.65. The maximum absolute atomic E-state index is 6.41. The Labute approximate surface area is 124 Å². The minimum Gasteiger partial charge on any atom is -0.319 e. The van der Waals surface area contributed by atoms with Crippen LogP contribution in [-0.2, 0) is 0 Å². The van der Waals surface area contributed by atoms with Crippen molar-refractivity contribution in [2.45, 2.75) is 26.8 Å².